The quantitative estimate of drug-likeness (QED) is 0.895. The molecule has 3 atom stereocenters. The second-order valence-electron chi connectivity index (χ2n) is 6.05. The van der Waals surface area contributed by atoms with Crippen LogP contribution in [-0.2, 0) is 0 Å². The first kappa shape index (κ1) is 15.5. The van der Waals surface area contributed by atoms with Crippen LogP contribution in [0.1, 0.15) is 37.9 Å². The van der Waals surface area contributed by atoms with Crippen LogP contribution in [0.2, 0.25) is 0 Å². The fraction of sp³-hybridized carbons (Fsp3) is 0.647. The molecule has 3 heteroatoms. The molecule has 0 amide bonds. The molecule has 1 aromatic rings. The minimum absolute atomic E-state index is 0.189. The average Bonchev–Trinajstić information content (AvgIpc) is 2.48. The molecule has 2 rings (SSSR count). The Hall–Kier alpha value is -0.900. The summed E-state index contributed by atoms with van der Waals surface area (Å²) >= 11 is 0. The molecule has 1 saturated heterocycles. The normalized spacial score (nSPS) is 23.8. The smallest absolute Gasteiger partial charge is 0.0945 e. The average molecular weight is 276 g/mol. The largest absolute Gasteiger partial charge is 0.387 e. The number of likely N-dealkylation sites (tertiary alicyclic amines) is 1. The molecule has 1 fully saturated rings. The van der Waals surface area contributed by atoms with E-state index in [0.29, 0.717) is 6.04 Å². The summed E-state index contributed by atoms with van der Waals surface area (Å²) in [5.74, 6) is 0. The van der Waals surface area contributed by atoms with Gasteiger partial charge >= 0.3 is 0 Å². The number of hydrogen-bond acceptors (Lipinski definition) is 3. The number of hydrogen-bond donors (Lipinski definition) is 1. The van der Waals surface area contributed by atoms with E-state index in [0.717, 1.165) is 18.5 Å². The van der Waals surface area contributed by atoms with E-state index >= 15 is 0 Å². The molecule has 0 radical (unpaired) electrons. The predicted octanol–water partition coefficient (Wildman–Crippen LogP) is 2.52. The van der Waals surface area contributed by atoms with Crippen molar-refractivity contribution in [2.45, 2.75) is 44.4 Å². The zero-order valence-electron chi connectivity index (χ0n) is 13.0. The summed E-state index contributed by atoms with van der Waals surface area (Å²) in [7, 11) is 4.36. The first-order valence-corrected chi connectivity index (χ1v) is 7.77. The molecule has 1 aliphatic heterocycles. The molecule has 0 spiro atoms. The van der Waals surface area contributed by atoms with Crippen LogP contribution < -0.4 is 0 Å². The van der Waals surface area contributed by atoms with Gasteiger partial charge in [0.2, 0.25) is 0 Å². The highest BCUT2D eigenvalue weighted by molar-refractivity contribution is 5.19. The van der Waals surface area contributed by atoms with E-state index in [2.05, 4.69) is 30.8 Å². The van der Waals surface area contributed by atoms with Gasteiger partial charge < -0.3 is 10.0 Å². The molecule has 0 aromatic heterocycles. The van der Waals surface area contributed by atoms with E-state index in [1.165, 1.54) is 19.4 Å². The summed E-state index contributed by atoms with van der Waals surface area (Å²) in [6, 6.07) is 10.8. The summed E-state index contributed by atoms with van der Waals surface area (Å²) < 4.78 is 0. The van der Waals surface area contributed by atoms with E-state index in [1.807, 2.05) is 30.3 Å². The second-order valence-corrected chi connectivity index (χ2v) is 6.05. The van der Waals surface area contributed by atoms with Crippen molar-refractivity contribution in [2.24, 2.45) is 0 Å². The maximum absolute atomic E-state index is 10.7. The van der Waals surface area contributed by atoms with Crippen molar-refractivity contribution in [1.29, 1.82) is 0 Å². The Kier molecular flexibility index (Phi) is 5.58. The topological polar surface area (TPSA) is 26.7 Å². The molecule has 3 nitrogen and oxygen atoms in total. The number of nitrogens with zero attached hydrogens (tertiary/aromatic N) is 2. The van der Waals surface area contributed by atoms with Crippen LogP contribution >= 0.6 is 0 Å². The van der Waals surface area contributed by atoms with Gasteiger partial charge in [0.15, 0.2) is 0 Å². The zero-order chi connectivity index (χ0) is 14.5. The van der Waals surface area contributed by atoms with Crippen molar-refractivity contribution in [3.05, 3.63) is 35.9 Å². The predicted molar refractivity (Wildman–Crippen MR) is 83.8 cm³/mol. The number of rotatable bonds is 5. The lowest BCUT2D eigenvalue weighted by Crippen LogP contribution is -2.50. The van der Waals surface area contributed by atoms with Crippen molar-refractivity contribution < 1.29 is 5.11 Å². The first-order chi connectivity index (χ1) is 9.63. The van der Waals surface area contributed by atoms with Crippen molar-refractivity contribution in [3.63, 3.8) is 0 Å². The third kappa shape index (κ3) is 3.60. The molecule has 20 heavy (non-hydrogen) atoms. The van der Waals surface area contributed by atoms with Crippen molar-refractivity contribution >= 4 is 0 Å². The summed E-state index contributed by atoms with van der Waals surface area (Å²) in [6.45, 7) is 4.47. The van der Waals surface area contributed by atoms with Gasteiger partial charge in [0.1, 0.15) is 0 Å². The van der Waals surface area contributed by atoms with Gasteiger partial charge in [-0.05, 0) is 45.5 Å². The third-order valence-corrected chi connectivity index (χ3v) is 4.62. The van der Waals surface area contributed by atoms with Gasteiger partial charge in [0.25, 0.3) is 0 Å². The Labute approximate surface area is 123 Å². The summed E-state index contributed by atoms with van der Waals surface area (Å²) in [5, 5.41) is 10.7. The van der Waals surface area contributed by atoms with Crippen LogP contribution in [0, 0.1) is 0 Å². The van der Waals surface area contributed by atoms with Crippen LogP contribution in [0.15, 0.2) is 30.3 Å². The third-order valence-electron chi connectivity index (χ3n) is 4.62. The van der Waals surface area contributed by atoms with Gasteiger partial charge in [-0.2, -0.15) is 0 Å². The Bertz CT molecular complexity index is 395. The number of piperidine rings is 1. The lowest BCUT2D eigenvalue weighted by atomic mass is 9.95. The number of benzene rings is 1. The van der Waals surface area contributed by atoms with E-state index in [-0.39, 0.29) is 6.04 Å². The van der Waals surface area contributed by atoms with Crippen molar-refractivity contribution in [1.82, 2.24) is 9.80 Å². The minimum Gasteiger partial charge on any atom is -0.387 e. The minimum atomic E-state index is -0.404. The summed E-state index contributed by atoms with van der Waals surface area (Å²) in [6.07, 6.45) is 3.05. The van der Waals surface area contributed by atoms with Crippen molar-refractivity contribution in [3.8, 4) is 0 Å². The lowest BCUT2D eigenvalue weighted by Gasteiger charge is -2.41. The van der Waals surface area contributed by atoms with Gasteiger partial charge in [0.05, 0.1) is 6.10 Å². The molecular weight excluding hydrogens is 248 g/mol. The molecule has 0 bridgehead atoms. The highest BCUT2D eigenvalue weighted by atomic mass is 16.3. The van der Waals surface area contributed by atoms with Gasteiger partial charge in [-0.25, -0.2) is 0 Å². The molecular formula is C17H28N2O. The second kappa shape index (κ2) is 7.21. The summed E-state index contributed by atoms with van der Waals surface area (Å²) in [4.78, 5) is 4.79. The van der Waals surface area contributed by atoms with Gasteiger partial charge in [-0.1, -0.05) is 37.3 Å². The van der Waals surface area contributed by atoms with Crippen LogP contribution in [0.4, 0.5) is 0 Å². The highest BCUT2D eigenvalue weighted by Gasteiger charge is 2.30. The molecule has 0 aliphatic carbocycles. The van der Waals surface area contributed by atoms with Gasteiger partial charge in [0, 0.05) is 18.6 Å². The standard InChI is InChI=1S/C17H28N2O/c1-4-16(17(20)14-9-6-5-7-10-14)19(3)15-11-8-12-18(2)13-15/h5-7,9-10,15-17,20H,4,8,11-13H2,1-3H3. The van der Waals surface area contributed by atoms with Crippen LogP contribution in [0.3, 0.4) is 0 Å². The first-order valence-electron chi connectivity index (χ1n) is 7.77. The van der Waals surface area contributed by atoms with Crippen molar-refractivity contribution in [2.75, 3.05) is 27.2 Å². The molecule has 1 heterocycles. The fourth-order valence-corrected chi connectivity index (χ4v) is 3.35. The lowest BCUT2D eigenvalue weighted by molar-refractivity contribution is 0.0171. The highest BCUT2D eigenvalue weighted by Crippen LogP contribution is 2.26. The number of aliphatic hydroxyl groups excluding tert-OH is 1. The molecule has 1 N–H and O–H groups in total. The SMILES string of the molecule is CCC(C(O)c1ccccc1)N(C)C1CCCN(C)C1. The summed E-state index contributed by atoms with van der Waals surface area (Å²) in [5.41, 5.74) is 1.02. The van der Waals surface area contributed by atoms with Crippen LogP contribution in [0.5, 0.6) is 0 Å². The van der Waals surface area contributed by atoms with Gasteiger partial charge in [-0.15, -0.1) is 0 Å². The van der Waals surface area contributed by atoms with E-state index in [1.54, 1.807) is 0 Å². The monoisotopic (exact) mass is 276 g/mol. The Morgan fingerprint density at radius 1 is 1.35 bits per heavy atom. The molecule has 3 unspecified atom stereocenters. The van der Waals surface area contributed by atoms with E-state index in [4.69, 9.17) is 0 Å². The Balaban J connectivity index is 2.06. The van der Waals surface area contributed by atoms with Crippen LogP contribution in [-0.4, -0.2) is 54.2 Å². The molecule has 0 saturated carbocycles. The maximum atomic E-state index is 10.7. The van der Waals surface area contributed by atoms with E-state index < -0.39 is 6.10 Å². The van der Waals surface area contributed by atoms with E-state index in [9.17, 15) is 5.11 Å². The molecule has 112 valence electrons. The Morgan fingerprint density at radius 3 is 2.65 bits per heavy atom. The Morgan fingerprint density at radius 2 is 2.05 bits per heavy atom. The fourth-order valence-electron chi connectivity index (χ4n) is 3.35. The number of aliphatic hydroxyl groups is 1. The number of likely N-dealkylation sites (N-methyl/N-ethyl adjacent to an activating group) is 2. The van der Waals surface area contributed by atoms with Gasteiger partial charge in [-0.3, -0.25) is 4.90 Å². The van der Waals surface area contributed by atoms with Crippen LogP contribution in [0.25, 0.3) is 0 Å². The molecule has 1 aromatic carbocycles. The molecule has 1 aliphatic rings. The maximum Gasteiger partial charge on any atom is 0.0945 e. The zero-order valence-corrected chi connectivity index (χ0v) is 13.0.